The zero-order valence-corrected chi connectivity index (χ0v) is 14.8. The first-order valence-electron chi connectivity index (χ1n) is 7.83. The largest absolute Gasteiger partial charge is 0.496 e. The minimum atomic E-state index is -0.435. The number of nitrogens with one attached hydrogen (secondary N) is 1. The minimum absolute atomic E-state index is 0.231. The van der Waals surface area contributed by atoms with Gasteiger partial charge in [-0.1, -0.05) is 6.07 Å². The third kappa shape index (κ3) is 3.08. The van der Waals surface area contributed by atoms with Gasteiger partial charge in [-0.25, -0.2) is 4.79 Å². The molecule has 6 nitrogen and oxygen atoms in total. The van der Waals surface area contributed by atoms with Gasteiger partial charge in [-0.2, -0.15) is 5.26 Å². The van der Waals surface area contributed by atoms with Crippen molar-refractivity contribution in [2.75, 3.05) is 7.11 Å². The Kier molecular flexibility index (Phi) is 4.72. The van der Waals surface area contributed by atoms with Crippen LogP contribution < -0.4 is 16.0 Å². The van der Waals surface area contributed by atoms with Crippen molar-refractivity contribution in [3.05, 3.63) is 50.0 Å². The van der Waals surface area contributed by atoms with Gasteiger partial charge in [-0.15, -0.1) is 11.3 Å². The van der Waals surface area contributed by atoms with Gasteiger partial charge in [-0.05, 0) is 36.6 Å². The van der Waals surface area contributed by atoms with Gasteiger partial charge in [0.25, 0.3) is 5.56 Å². The maximum absolute atomic E-state index is 12.8. The fraction of sp³-hybridized carbons (Fsp3) is 0.278. The van der Waals surface area contributed by atoms with Gasteiger partial charge in [-0.3, -0.25) is 14.3 Å². The number of aromatic amines is 1. The van der Waals surface area contributed by atoms with Crippen molar-refractivity contribution in [2.45, 2.75) is 26.3 Å². The first-order valence-corrected chi connectivity index (χ1v) is 8.71. The number of unbranched alkanes of at least 4 members (excludes halogenated alkanes) is 1. The average Bonchev–Trinajstić information content (AvgIpc) is 3.01. The van der Waals surface area contributed by atoms with Crippen LogP contribution in [0, 0.1) is 18.3 Å². The lowest BCUT2D eigenvalue weighted by molar-refractivity contribution is 0.412. The Labute approximate surface area is 147 Å². The summed E-state index contributed by atoms with van der Waals surface area (Å²) in [5, 5.41) is 11.0. The summed E-state index contributed by atoms with van der Waals surface area (Å²) in [4.78, 5) is 28.3. The van der Waals surface area contributed by atoms with Gasteiger partial charge in [0.15, 0.2) is 0 Å². The van der Waals surface area contributed by atoms with E-state index in [4.69, 9.17) is 10.00 Å². The first kappa shape index (κ1) is 17.0. The van der Waals surface area contributed by atoms with Crippen LogP contribution in [0.1, 0.15) is 18.4 Å². The van der Waals surface area contributed by atoms with Gasteiger partial charge in [0.1, 0.15) is 10.6 Å². The molecule has 0 aliphatic carbocycles. The number of hydrogen-bond donors (Lipinski definition) is 1. The number of methoxy groups -OCH3 is 1. The lowest BCUT2D eigenvalue weighted by atomic mass is 10.0. The summed E-state index contributed by atoms with van der Waals surface area (Å²) in [5.74, 6) is 0.783. The number of ether oxygens (including phenoxy) is 1. The van der Waals surface area contributed by atoms with E-state index in [0.717, 1.165) is 22.4 Å². The molecule has 0 atom stereocenters. The Hall–Kier alpha value is -2.85. The minimum Gasteiger partial charge on any atom is -0.496 e. The van der Waals surface area contributed by atoms with Crippen molar-refractivity contribution in [2.24, 2.45) is 0 Å². The monoisotopic (exact) mass is 355 g/mol. The molecule has 0 radical (unpaired) electrons. The van der Waals surface area contributed by atoms with E-state index < -0.39 is 5.69 Å². The maximum Gasteiger partial charge on any atom is 0.329 e. The van der Waals surface area contributed by atoms with E-state index in [0.29, 0.717) is 23.1 Å². The van der Waals surface area contributed by atoms with Gasteiger partial charge in [0.2, 0.25) is 0 Å². The van der Waals surface area contributed by atoms with Crippen LogP contribution in [-0.4, -0.2) is 16.7 Å². The number of nitrogens with zero attached hydrogens (tertiary/aromatic N) is 2. The van der Waals surface area contributed by atoms with Crippen LogP contribution >= 0.6 is 11.3 Å². The molecule has 2 aromatic heterocycles. The fourth-order valence-electron chi connectivity index (χ4n) is 2.83. The molecule has 128 valence electrons. The second-order valence-electron chi connectivity index (χ2n) is 5.69. The van der Waals surface area contributed by atoms with E-state index in [-0.39, 0.29) is 12.1 Å². The lowest BCUT2D eigenvalue weighted by Gasteiger charge is -2.08. The van der Waals surface area contributed by atoms with Crippen LogP contribution in [0.5, 0.6) is 5.75 Å². The second kappa shape index (κ2) is 6.95. The van der Waals surface area contributed by atoms with Crippen LogP contribution in [0.15, 0.2) is 33.2 Å². The van der Waals surface area contributed by atoms with E-state index in [1.807, 2.05) is 36.6 Å². The summed E-state index contributed by atoms with van der Waals surface area (Å²) >= 11 is 1.34. The molecule has 0 aliphatic rings. The van der Waals surface area contributed by atoms with Gasteiger partial charge >= 0.3 is 5.69 Å². The van der Waals surface area contributed by atoms with E-state index in [9.17, 15) is 9.59 Å². The van der Waals surface area contributed by atoms with Crippen molar-refractivity contribution in [1.82, 2.24) is 9.55 Å². The van der Waals surface area contributed by atoms with Crippen molar-refractivity contribution in [1.29, 1.82) is 5.26 Å². The molecule has 0 saturated heterocycles. The smallest absolute Gasteiger partial charge is 0.329 e. The normalized spacial score (nSPS) is 10.8. The summed E-state index contributed by atoms with van der Waals surface area (Å²) in [6.07, 6.45) is 0.768. The highest BCUT2D eigenvalue weighted by Crippen LogP contribution is 2.32. The maximum atomic E-state index is 12.8. The number of benzene rings is 1. The number of fused-ring (bicyclic) bond motifs is 1. The van der Waals surface area contributed by atoms with Gasteiger partial charge in [0, 0.05) is 23.9 Å². The Morgan fingerprint density at radius 1 is 1.36 bits per heavy atom. The fourth-order valence-corrected chi connectivity index (χ4v) is 3.78. The lowest BCUT2D eigenvalue weighted by Crippen LogP contribution is -2.34. The molecule has 7 heteroatoms. The number of hydrogen-bond acceptors (Lipinski definition) is 5. The van der Waals surface area contributed by atoms with Crippen molar-refractivity contribution in [3.63, 3.8) is 0 Å². The highest BCUT2D eigenvalue weighted by molar-refractivity contribution is 7.17. The molecule has 25 heavy (non-hydrogen) atoms. The highest BCUT2D eigenvalue weighted by Gasteiger charge is 2.15. The van der Waals surface area contributed by atoms with E-state index in [1.54, 1.807) is 7.11 Å². The SMILES string of the molecule is COc1ccc(-c2csc3[nH]c(=O)n(CCCC#N)c(=O)c23)cc1C. The molecular formula is C18H17N3O3S. The molecule has 0 fully saturated rings. The number of H-pyrrole nitrogens is 1. The van der Waals surface area contributed by atoms with E-state index >= 15 is 0 Å². The van der Waals surface area contributed by atoms with E-state index in [2.05, 4.69) is 4.98 Å². The van der Waals surface area contributed by atoms with Crippen LogP contribution in [0.25, 0.3) is 21.3 Å². The summed E-state index contributed by atoms with van der Waals surface area (Å²) in [6, 6.07) is 7.76. The molecule has 0 aliphatic heterocycles. The van der Waals surface area contributed by atoms with Crippen molar-refractivity contribution >= 4 is 21.6 Å². The molecule has 0 bridgehead atoms. The molecule has 1 aromatic carbocycles. The molecule has 0 saturated carbocycles. The van der Waals surface area contributed by atoms with Crippen molar-refractivity contribution in [3.8, 4) is 22.9 Å². The second-order valence-corrected chi connectivity index (χ2v) is 6.57. The van der Waals surface area contributed by atoms with Crippen LogP contribution in [-0.2, 0) is 6.54 Å². The molecule has 3 aromatic rings. The quantitative estimate of drug-likeness (QED) is 0.713. The topological polar surface area (TPSA) is 87.9 Å². The molecule has 0 amide bonds. The Morgan fingerprint density at radius 2 is 2.16 bits per heavy atom. The van der Waals surface area contributed by atoms with Crippen molar-refractivity contribution < 1.29 is 4.74 Å². The van der Waals surface area contributed by atoms with Gasteiger partial charge in [0.05, 0.1) is 18.6 Å². The zero-order chi connectivity index (χ0) is 18.0. The van der Waals surface area contributed by atoms with Crippen LogP contribution in [0.3, 0.4) is 0 Å². The highest BCUT2D eigenvalue weighted by atomic mass is 32.1. The summed E-state index contributed by atoms with van der Waals surface area (Å²) in [7, 11) is 1.62. The number of aromatic nitrogens is 2. The van der Waals surface area contributed by atoms with Crippen LogP contribution in [0.2, 0.25) is 0 Å². The predicted octanol–water partition coefficient (Wildman–Crippen LogP) is 3.04. The van der Waals surface area contributed by atoms with Crippen LogP contribution in [0.4, 0.5) is 0 Å². The Bertz CT molecular complexity index is 1090. The molecule has 2 heterocycles. The standard InChI is InChI=1S/C18H17N3O3S/c1-11-9-12(5-6-14(11)24-2)13-10-25-16-15(13)17(22)21(18(23)20-16)8-4-3-7-19/h5-6,9-10H,3-4,8H2,1-2H3,(H,20,23). The summed E-state index contributed by atoms with van der Waals surface area (Å²) in [6.45, 7) is 2.17. The third-order valence-electron chi connectivity index (χ3n) is 4.09. The third-order valence-corrected chi connectivity index (χ3v) is 4.99. The zero-order valence-electron chi connectivity index (χ0n) is 14.0. The Balaban J connectivity index is 2.16. The molecule has 1 N–H and O–H groups in total. The first-order chi connectivity index (χ1) is 12.1. The average molecular weight is 355 g/mol. The number of rotatable bonds is 5. The van der Waals surface area contributed by atoms with Gasteiger partial charge < -0.3 is 4.74 Å². The predicted molar refractivity (Wildman–Crippen MR) is 98.3 cm³/mol. The summed E-state index contributed by atoms with van der Waals surface area (Å²) < 4.78 is 6.45. The molecule has 0 spiro atoms. The number of aryl methyl sites for hydroxylation is 1. The molecular weight excluding hydrogens is 338 g/mol. The van der Waals surface area contributed by atoms with E-state index in [1.165, 1.54) is 15.9 Å². The summed E-state index contributed by atoms with van der Waals surface area (Å²) in [5.41, 5.74) is 1.91. The molecule has 0 unspecified atom stereocenters. The number of nitriles is 1. The Morgan fingerprint density at radius 3 is 2.84 bits per heavy atom. The molecule has 3 rings (SSSR count). The number of thiophene rings is 1.